The number of alkyl halides is 2. The van der Waals surface area contributed by atoms with Gasteiger partial charge in [0.15, 0.2) is 0 Å². The number of nitrogens with zero attached hydrogens (tertiary/aromatic N) is 1. The van der Waals surface area contributed by atoms with Gasteiger partial charge in [0.2, 0.25) is 0 Å². The van der Waals surface area contributed by atoms with Crippen molar-refractivity contribution >= 4 is 29.7 Å². The first-order chi connectivity index (χ1) is 9.66. The SMILES string of the molecule is Cl.O=C(c1sccc1OC(F)F)N1C2CCNCC1CC2. The van der Waals surface area contributed by atoms with Crippen LogP contribution in [0.1, 0.15) is 28.9 Å². The van der Waals surface area contributed by atoms with Crippen LogP contribution in [0.5, 0.6) is 5.75 Å². The molecule has 2 fully saturated rings. The van der Waals surface area contributed by atoms with Gasteiger partial charge in [0.1, 0.15) is 10.6 Å². The number of hydrogen-bond donors (Lipinski definition) is 1. The Kier molecular flexibility index (Phi) is 5.40. The van der Waals surface area contributed by atoms with E-state index in [4.69, 9.17) is 0 Å². The number of nitrogens with one attached hydrogen (secondary N) is 1. The predicted molar refractivity (Wildman–Crippen MR) is 78.7 cm³/mol. The van der Waals surface area contributed by atoms with Gasteiger partial charge in [0, 0.05) is 18.6 Å². The smallest absolute Gasteiger partial charge is 0.387 e. The predicted octanol–water partition coefficient (Wildman–Crippen LogP) is 2.74. The molecular weight excluding hydrogens is 322 g/mol. The normalized spacial score (nSPS) is 24.6. The van der Waals surface area contributed by atoms with E-state index >= 15 is 0 Å². The zero-order valence-electron chi connectivity index (χ0n) is 11.3. The van der Waals surface area contributed by atoms with Gasteiger partial charge in [-0.15, -0.1) is 23.7 Å². The Morgan fingerprint density at radius 1 is 1.38 bits per heavy atom. The highest BCUT2D eigenvalue weighted by Crippen LogP contribution is 2.34. The highest BCUT2D eigenvalue weighted by atomic mass is 35.5. The van der Waals surface area contributed by atoms with E-state index in [-0.39, 0.29) is 41.0 Å². The van der Waals surface area contributed by atoms with Crippen molar-refractivity contribution in [2.75, 3.05) is 13.1 Å². The molecule has 1 N–H and O–H groups in total. The van der Waals surface area contributed by atoms with Crippen molar-refractivity contribution in [1.82, 2.24) is 10.2 Å². The molecule has 2 bridgehead atoms. The van der Waals surface area contributed by atoms with Crippen molar-refractivity contribution in [3.05, 3.63) is 16.3 Å². The molecule has 0 aromatic carbocycles. The molecule has 3 heterocycles. The van der Waals surface area contributed by atoms with E-state index in [1.807, 2.05) is 4.90 Å². The average Bonchev–Trinajstić information content (AvgIpc) is 2.91. The molecule has 21 heavy (non-hydrogen) atoms. The van der Waals surface area contributed by atoms with Gasteiger partial charge in [-0.2, -0.15) is 8.78 Å². The number of halogens is 3. The fraction of sp³-hybridized carbons (Fsp3) is 0.615. The van der Waals surface area contributed by atoms with Crippen molar-refractivity contribution in [3.8, 4) is 5.75 Å². The summed E-state index contributed by atoms with van der Waals surface area (Å²) in [6.07, 6.45) is 2.88. The third-order valence-corrected chi connectivity index (χ3v) is 4.81. The summed E-state index contributed by atoms with van der Waals surface area (Å²) in [7, 11) is 0. The maximum Gasteiger partial charge on any atom is 0.387 e. The lowest BCUT2D eigenvalue weighted by molar-refractivity contribution is -0.0499. The van der Waals surface area contributed by atoms with Gasteiger partial charge in [-0.3, -0.25) is 4.79 Å². The molecule has 3 rings (SSSR count). The quantitative estimate of drug-likeness (QED) is 0.921. The standard InChI is InChI=1S/C13H16F2N2O2S.ClH/c14-13(15)19-10-4-6-20-11(10)12(18)17-8-1-2-9(17)7-16-5-3-8;/h4,6,8-9,13,16H,1-3,5,7H2;1H. The lowest BCUT2D eigenvalue weighted by atomic mass is 10.1. The number of carbonyl (C=O) groups excluding carboxylic acids is 1. The van der Waals surface area contributed by atoms with E-state index in [0.717, 1.165) is 43.7 Å². The van der Waals surface area contributed by atoms with Crippen molar-refractivity contribution < 1.29 is 18.3 Å². The summed E-state index contributed by atoms with van der Waals surface area (Å²) >= 11 is 1.16. The van der Waals surface area contributed by atoms with Gasteiger partial charge in [0.25, 0.3) is 5.91 Å². The Labute approximate surface area is 131 Å². The second kappa shape index (κ2) is 6.89. The number of hydrogen-bond acceptors (Lipinski definition) is 4. The van der Waals surface area contributed by atoms with Gasteiger partial charge in [-0.05, 0) is 37.3 Å². The second-order valence-electron chi connectivity index (χ2n) is 5.08. The molecule has 0 aliphatic carbocycles. The third kappa shape index (κ3) is 3.30. The Morgan fingerprint density at radius 2 is 2.14 bits per heavy atom. The Hall–Kier alpha value is -0.920. The number of thiophene rings is 1. The summed E-state index contributed by atoms with van der Waals surface area (Å²) in [4.78, 5) is 14.8. The average molecular weight is 339 g/mol. The van der Waals surface area contributed by atoms with Crippen molar-refractivity contribution in [3.63, 3.8) is 0 Å². The van der Waals surface area contributed by atoms with Crippen molar-refractivity contribution in [2.24, 2.45) is 0 Å². The van der Waals surface area contributed by atoms with Crippen LogP contribution in [0.2, 0.25) is 0 Å². The number of ether oxygens (including phenoxy) is 1. The fourth-order valence-electron chi connectivity index (χ4n) is 3.07. The molecular formula is C13H17ClF2N2O2S. The maximum absolute atomic E-state index is 12.7. The highest BCUT2D eigenvalue weighted by Gasteiger charge is 2.39. The van der Waals surface area contributed by atoms with Crippen LogP contribution in [0.4, 0.5) is 8.78 Å². The zero-order chi connectivity index (χ0) is 14.1. The van der Waals surface area contributed by atoms with E-state index in [1.54, 1.807) is 5.38 Å². The topological polar surface area (TPSA) is 41.6 Å². The molecule has 2 aliphatic heterocycles. The number of carbonyl (C=O) groups is 1. The van der Waals surface area contributed by atoms with Crippen molar-refractivity contribution in [2.45, 2.75) is 38.0 Å². The fourth-order valence-corrected chi connectivity index (χ4v) is 3.84. The lowest BCUT2D eigenvalue weighted by Crippen LogP contribution is -2.42. The molecule has 2 atom stereocenters. The van der Waals surface area contributed by atoms with E-state index in [0.29, 0.717) is 0 Å². The molecule has 2 saturated heterocycles. The molecule has 1 aromatic heterocycles. The number of rotatable bonds is 3. The molecule has 2 unspecified atom stereocenters. The van der Waals surface area contributed by atoms with E-state index in [1.165, 1.54) is 6.07 Å². The van der Waals surface area contributed by atoms with Gasteiger partial charge in [0.05, 0.1) is 0 Å². The van der Waals surface area contributed by atoms with Crippen LogP contribution < -0.4 is 10.1 Å². The van der Waals surface area contributed by atoms with E-state index in [2.05, 4.69) is 10.1 Å². The van der Waals surface area contributed by atoms with Crippen LogP contribution in [0.3, 0.4) is 0 Å². The highest BCUT2D eigenvalue weighted by molar-refractivity contribution is 7.12. The minimum atomic E-state index is -2.90. The first-order valence-corrected chi connectivity index (χ1v) is 7.60. The first-order valence-electron chi connectivity index (χ1n) is 6.72. The summed E-state index contributed by atoms with van der Waals surface area (Å²) in [5.41, 5.74) is 0. The van der Waals surface area contributed by atoms with Crippen LogP contribution in [0, 0.1) is 0 Å². The first kappa shape index (κ1) is 16.5. The van der Waals surface area contributed by atoms with Crippen LogP contribution in [-0.4, -0.2) is 42.6 Å². The summed E-state index contributed by atoms with van der Waals surface area (Å²) in [6.45, 7) is -1.23. The summed E-state index contributed by atoms with van der Waals surface area (Å²) < 4.78 is 29.2. The molecule has 2 aliphatic rings. The Morgan fingerprint density at radius 3 is 2.90 bits per heavy atom. The van der Waals surface area contributed by atoms with E-state index in [9.17, 15) is 13.6 Å². The molecule has 4 nitrogen and oxygen atoms in total. The van der Waals surface area contributed by atoms with Gasteiger partial charge < -0.3 is 15.0 Å². The van der Waals surface area contributed by atoms with E-state index < -0.39 is 6.61 Å². The molecule has 0 spiro atoms. The van der Waals surface area contributed by atoms with Gasteiger partial charge >= 0.3 is 6.61 Å². The molecule has 1 amide bonds. The summed E-state index contributed by atoms with van der Waals surface area (Å²) in [5, 5.41) is 4.93. The second-order valence-corrected chi connectivity index (χ2v) is 6.00. The summed E-state index contributed by atoms with van der Waals surface area (Å²) in [5.74, 6) is -0.182. The molecule has 1 aromatic rings. The van der Waals surface area contributed by atoms with Crippen LogP contribution in [0.25, 0.3) is 0 Å². The Balaban J connectivity index is 0.00000161. The minimum absolute atomic E-state index is 0. The monoisotopic (exact) mass is 338 g/mol. The Bertz CT molecular complexity index is 486. The number of amides is 1. The maximum atomic E-state index is 12.7. The van der Waals surface area contributed by atoms with Crippen LogP contribution in [0.15, 0.2) is 11.4 Å². The van der Waals surface area contributed by atoms with Crippen LogP contribution in [-0.2, 0) is 0 Å². The number of fused-ring (bicyclic) bond motifs is 2. The lowest BCUT2D eigenvalue weighted by Gasteiger charge is -2.27. The zero-order valence-corrected chi connectivity index (χ0v) is 12.9. The molecule has 0 radical (unpaired) electrons. The molecule has 118 valence electrons. The molecule has 8 heteroatoms. The van der Waals surface area contributed by atoms with Crippen LogP contribution >= 0.6 is 23.7 Å². The van der Waals surface area contributed by atoms with Crippen molar-refractivity contribution in [1.29, 1.82) is 0 Å². The molecule has 0 saturated carbocycles. The van der Waals surface area contributed by atoms with Gasteiger partial charge in [-0.25, -0.2) is 0 Å². The van der Waals surface area contributed by atoms with Gasteiger partial charge in [-0.1, -0.05) is 0 Å². The minimum Gasteiger partial charge on any atom is -0.433 e. The largest absolute Gasteiger partial charge is 0.433 e. The third-order valence-electron chi connectivity index (χ3n) is 3.93. The summed E-state index contributed by atoms with van der Waals surface area (Å²) in [6, 6.07) is 1.81.